The summed E-state index contributed by atoms with van der Waals surface area (Å²) >= 11 is 3.34. The van der Waals surface area contributed by atoms with E-state index in [4.69, 9.17) is 10.5 Å². The Bertz CT molecular complexity index is 814. The number of ether oxygens (including phenoxy) is 1. The summed E-state index contributed by atoms with van der Waals surface area (Å²) in [5.41, 5.74) is 8.35. The average molecular weight is 405 g/mol. The number of benzene rings is 1. The van der Waals surface area contributed by atoms with Crippen molar-refractivity contribution in [2.24, 2.45) is 10.7 Å². The van der Waals surface area contributed by atoms with Gasteiger partial charge in [0.1, 0.15) is 10.7 Å². The van der Waals surface area contributed by atoms with Crippen molar-refractivity contribution in [1.82, 2.24) is 4.90 Å². The largest absolute Gasteiger partial charge is 0.378 e. The Morgan fingerprint density at radius 1 is 1.32 bits per heavy atom. The van der Waals surface area contributed by atoms with Crippen LogP contribution < -0.4 is 11.1 Å². The summed E-state index contributed by atoms with van der Waals surface area (Å²) in [6.07, 6.45) is 1.64. The fraction of sp³-hybridized carbons (Fsp3) is 0.353. The highest BCUT2D eigenvalue weighted by Crippen LogP contribution is 2.42. The smallest absolute Gasteiger partial charge is 0.254 e. The highest BCUT2D eigenvalue weighted by atomic mass is 79.9. The van der Waals surface area contributed by atoms with Crippen LogP contribution in [-0.2, 0) is 9.53 Å². The van der Waals surface area contributed by atoms with Crippen LogP contribution in [0.15, 0.2) is 34.8 Å². The molecule has 4 rings (SSSR count). The van der Waals surface area contributed by atoms with Crippen molar-refractivity contribution < 1.29 is 14.3 Å². The van der Waals surface area contributed by atoms with E-state index in [-0.39, 0.29) is 18.0 Å². The Morgan fingerprint density at radius 3 is 2.80 bits per heavy atom. The number of anilines is 1. The van der Waals surface area contributed by atoms with Crippen molar-refractivity contribution in [3.63, 3.8) is 0 Å². The summed E-state index contributed by atoms with van der Waals surface area (Å²) in [5, 5.41) is 3.29. The summed E-state index contributed by atoms with van der Waals surface area (Å²) in [5.74, 6) is -0.495. The zero-order chi connectivity index (χ0) is 17.6. The van der Waals surface area contributed by atoms with Crippen molar-refractivity contribution >= 4 is 38.1 Å². The number of primary amides is 1. The summed E-state index contributed by atoms with van der Waals surface area (Å²) in [6.45, 7) is 2.32. The lowest BCUT2D eigenvalue weighted by molar-refractivity contribution is -0.114. The molecule has 2 atom stereocenters. The number of carbonyl (C=O) groups is 2. The van der Waals surface area contributed by atoms with E-state index in [2.05, 4.69) is 26.2 Å². The molecule has 25 heavy (non-hydrogen) atoms. The van der Waals surface area contributed by atoms with Crippen LogP contribution in [0.3, 0.4) is 0 Å². The number of dihydropyridines is 1. The molecule has 1 aromatic carbocycles. The fourth-order valence-corrected chi connectivity index (χ4v) is 3.92. The Labute approximate surface area is 153 Å². The van der Waals surface area contributed by atoms with E-state index in [1.807, 2.05) is 18.2 Å². The molecule has 2 amide bonds. The van der Waals surface area contributed by atoms with Crippen LogP contribution in [0.25, 0.3) is 0 Å². The molecule has 1 fully saturated rings. The number of hydrogen-bond donors (Lipinski definition) is 2. The molecule has 0 bridgehead atoms. The molecule has 0 saturated carbocycles. The molecule has 3 heterocycles. The quantitative estimate of drug-likeness (QED) is 0.773. The van der Waals surface area contributed by atoms with Crippen LogP contribution in [0, 0.1) is 0 Å². The first-order valence-electron chi connectivity index (χ1n) is 8.07. The molecule has 1 aromatic rings. The lowest BCUT2D eigenvalue weighted by atomic mass is 9.94. The molecule has 0 aromatic heterocycles. The topological polar surface area (TPSA) is 97.0 Å². The Morgan fingerprint density at radius 2 is 2.08 bits per heavy atom. The molecule has 0 radical (unpaired) electrons. The van der Waals surface area contributed by atoms with Gasteiger partial charge in [0.2, 0.25) is 5.91 Å². The maximum absolute atomic E-state index is 12.7. The van der Waals surface area contributed by atoms with Gasteiger partial charge in [0.25, 0.3) is 5.91 Å². The van der Waals surface area contributed by atoms with E-state index < -0.39 is 5.91 Å². The molecule has 7 nitrogen and oxygen atoms in total. The lowest BCUT2D eigenvalue weighted by Gasteiger charge is -2.27. The summed E-state index contributed by atoms with van der Waals surface area (Å²) in [4.78, 5) is 30.7. The van der Waals surface area contributed by atoms with E-state index in [9.17, 15) is 9.59 Å². The second-order valence-electron chi connectivity index (χ2n) is 6.19. The third-order valence-corrected chi connectivity index (χ3v) is 5.13. The van der Waals surface area contributed by atoms with Gasteiger partial charge in [-0.3, -0.25) is 14.6 Å². The molecule has 1 saturated heterocycles. The number of nitrogens with zero attached hydrogens (tertiary/aromatic N) is 2. The monoisotopic (exact) mass is 404 g/mol. The summed E-state index contributed by atoms with van der Waals surface area (Å²) < 4.78 is 5.88. The van der Waals surface area contributed by atoms with Crippen LogP contribution >= 0.6 is 15.9 Å². The predicted octanol–water partition coefficient (Wildman–Crippen LogP) is 1.21. The summed E-state index contributed by atoms with van der Waals surface area (Å²) in [7, 11) is 0. The number of halogens is 1. The second kappa shape index (κ2) is 6.27. The van der Waals surface area contributed by atoms with E-state index in [0.29, 0.717) is 42.1 Å². The zero-order valence-electron chi connectivity index (χ0n) is 13.4. The molecular weight excluding hydrogens is 388 g/mol. The van der Waals surface area contributed by atoms with Gasteiger partial charge < -0.3 is 20.7 Å². The maximum Gasteiger partial charge on any atom is 0.254 e. The fourth-order valence-electron chi connectivity index (χ4n) is 3.45. The van der Waals surface area contributed by atoms with Crippen LogP contribution in [0.4, 0.5) is 5.69 Å². The van der Waals surface area contributed by atoms with Crippen LogP contribution in [-0.4, -0.2) is 53.7 Å². The Kier molecular flexibility index (Phi) is 4.09. The van der Waals surface area contributed by atoms with E-state index in [1.54, 1.807) is 11.0 Å². The van der Waals surface area contributed by atoms with Gasteiger partial charge in [-0.2, -0.15) is 0 Å². The van der Waals surface area contributed by atoms with Gasteiger partial charge in [0.15, 0.2) is 0 Å². The molecule has 3 aliphatic heterocycles. The molecule has 130 valence electrons. The van der Waals surface area contributed by atoms with Crippen LogP contribution in [0.2, 0.25) is 0 Å². The van der Waals surface area contributed by atoms with E-state index in [0.717, 1.165) is 11.3 Å². The molecule has 3 N–H and O–H groups in total. The number of carbonyl (C=O) groups excluding carboxylic acids is 2. The molecule has 0 spiro atoms. The van der Waals surface area contributed by atoms with Gasteiger partial charge in [-0.25, -0.2) is 0 Å². The van der Waals surface area contributed by atoms with Crippen LogP contribution in [0.5, 0.6) is 0 Å². The number of rotatable bonds is 2. The number of allylic oxidation sites excluding steroid dienone is 1. The van der Waals surface area contributed by atoms with Gasteiger partial charge in [0, 0.05) is 35.5 Å². The van der Waals surface area contributed by atoms with Crippen molar-refractivity contribution in [2.75, 3.05) is 31.6 Å². The number of fused-ring (bicyclic) bond motifs is 3. The molecule has 0 aliphatic carbocycles. The van der Waals surface area contributed by atoms with Gasteiger partial charge in [0.05, 0.1) is 19.3 Å². The highest BCUT2D eigenvalue weighted by Gasteiger charge is 2.39. The molecule has 8 heteroatoms. The number of amides is 2. The SMILES string of the molecule is NC(=O)C1=CC(Br)=NC2c3ccc(C(=O)N4CCOCC4)cc3NC12. The van der Waals surface area contributed by atoms with E-state index >= 15 is 0 Å². The van der Waals surface area contributed by atoms with Gasteiger partial charge in [-0.15, -0.1) is 0 Å². The maximum atomic E-state index is 12.7. The molecule has 2 unspecified atom stereocenters. The van der Waals surface area contributed by atoms with Gasteiger partial charge in [-0.05, 0) is 34.1 Å². The van der Waals surface area contributed by atoms with Crippen molar-refractivity contribution in [1.29, 1.82) is 0 Å². The number of morpholine rings is 1. The average Bonchev–Trinajstić information content (AvgIpc) is 2.98. The van der Waals surface area contributed by atoms with E-state index in [1.165, 1.54) is 0 Å². The first-order chi connectivity index (χ1) is 12.0. The van der Waals surface area contributed by atoms with Crippen molar-refractivity contribution in [3.05, 3.63) is 41.0 Å². The van der Waals surface area contributed by atoms with Gasteiger partial charge in [-0.1, -0.05) is 6.07 Å². The highest BCUT2D eigenvalue weighted by molar-refractivity contribution is 9.18. The molecular formula is C17H17BrN4O3. The van der Waals surface area contributed by atoms with Crippen molar-refractivity contribution in [2.45, 2.75) is 12.1 Å². The minimum Gasteiger partial charge on any atom is -0.378 e. The summed E-state index contributed by atoms with van der Waals surface area (Å²) in [6, 6.07) is 5.00. The minimum atomic E-state index is -0.480. The lowest BCUT2D eigenvalue weighted by Crippen LogP contribution is -2.40. The number of hydrogen-bond acceptors (Lipinski definition) is 5. The van der Waals surface area contributed by atoms with Crippen molar-refractivity contribution in [3.8, 4) is 0 Å². The normalized spacial score (nSPS) is 24.6. The van der Waals surface area contributed by atoms with Gasteiger partial charge >= 0.3 is 0 Å². The zero-order valence-corrected chi connectivity index (χ0v) is 15.0. The Balaban J connectivity index is 1.64. The van der Waals surface area contributed by atoms with Crippen LogP contribution in [0.1, 0.15) is 22.0 Å². The number of aliphatic imine (C=N–C) groups is 1. The predicted molar refractivity (Wildman–Crippen MR) is 97.0 cm³/mol. The standard InChI is InChI=1S/C17H17BrN4O3/c18-13-8-11(16(19)23)15-14(21-13)10-2-1-9(7-12(10)20-15)17(24)22-3-5-25-6-4-22/h1-2,7-8,14-15,20H,3-6H2,(H2,19,23). The first-order valence-corrected chi connectivity index (χ1v) is 8.86. The molecule has 3 aliphatic rings. The minimum absolute atomic E-state index is 0.0156. The number of nitrogens with one attached hydrogen (secondary N) is 1. The number of nitrogens with two attached hydrogens (primary N) is 1. The first kappa shape index (κ1) is 16.3. The third-order valence-electron chi connectivity index (χ3n) is 4.70. The second-order valence-corrected chi connectivity index (χ2v) is 7.00. The third kappa shape index (κ3) is 2.85. The Hall–Kier alpha value is -2.19.